The third kappa shape index (κ3) is 3.96. The van der Waals surface area contributed by atoms with Crippen molar-refractivity contribution in [3.63, 3.8) is 0 Å². The summed E-state index contributed by atoms with van der Waals surface area (Å²) in [4.78, 5) is 11.3. The molecular formula is C10H18BrNO2. The van der Waals surface area contributed by atoms with E-state index in [0.717, 1.165) is 25.7 Å². The van der Waals surface area contributed by atoms with E-state index in [9.17, 15) is 9.90 Å². The fraction of sp³-hybridized carbons (Fsp3) is 0.900. The van der Waals surface area contributed by atoms with Gasteiger partial charge in [-0.3, -0.25) is 4.79 Å². The highest BCUT2D eigenvalue weighted by molar-refractivity contribution is 9.09. The van der Waals surface area contributed by atoms with E-state index < -0.39 is 0 Å². The normalized spacial score (nSPS) is 28.1. The summed E-state index contributed by atoms with van der Waals surface area (Å²) in [6.45, 7) is 0. The van der Waals surface area contributed by atoms with Crippen LogP contribution >= 0.6 is 15.9 Å². The molecule has 1 fully saturated rings. The average Bonchev–Trinajstić information content (AvgIpc) is 2.33. The van der Waals surface area contributed by atoms with Gasteiger partial charge in [-0.1, -0.05) is 35.2 Å². The number of carbonyl (C=O) groups excluding carboxylic acids is 1. The molecule has 1 amide bonds. The molecule has 2 N–H and O–H groups in total. The van der Waals surface area contributed by atoms with Gasteiger partial charge in [-0.25, -0.2) is 0 Å². The number of hydrogen-bond acceptors (Lipinski definition) is 2. The number of halogens is 1. The van der Waals surface area contributed by atoms with Crippen LogP contribution < -0.4 is 5.32 Å². The van der Waals surface area contributed by atoms with Crippen molar-refractivity contribution in [2.45, 2.75) is 50.7 Å². The van der Waals surface area contributed by atoms with Crippen molar-refractivity contribution in [2.75, 3.05) is 5.33 Å². The second-order valence-electron chi connectivity index (χ2n) is 3.82. The molecule has 2 unspecified atom stereocenters. The molecule has 0 heterocycles. The number of rotatable bonds is 3. The molecule has 0 bridgehead atoms. The number of aliphatic hydroxyl groups excluding tert-OH is 1. The first kappa shape index (κ1) is 12.0. The van der Waals surface area contributed by atoms with E-state index >= 15 is 0 Å². The van der Waals surface area contributed by atoms with Crippen molar-refractivity contribution in [1.82, 2.24) is 5.32 Å². The van der Waals surface area contributed by atoms with Crippen LogP contribution in [0.1, 0.15) is 38.5 Å². The van der Waals surface area contributed by atoms with Crippen LogP contribution in [0.3, 0.4) is 0 Å². The minimum absolute atomic E-state index is 0.0240. The van der Waals surface area contributed by atoms with Crippen molar-refractivity contribution in [2.24, 2.45) is 0 Å². The second-order valence-corrected chi connectivity index (χ2v) is 4.61. The number of alkyl halides is 1. The van der Waals surface area contributed by atoms with E-state index in [4.69, 9.17) is 0 Å². The van der Waals surface area contributed by atoms with E-state index in [-0.39, 0.29) is 18.1 Å². The Balaban J connectivity index is 2.36. The molecule has 1 rings (SSSR count). The van der Waals surface area contributed by atoms with Crippen LogP contribution in [-0.2, 0) is 4.79 Å². The van der Waals surface area contributed by atoms with Crippen molar-refractivity contribution in [1.29, 1.82) is 0 Å². The van der Waals surface area contributed by atoms with Crippen LogP contribution in [0.4, 0.5) is 0 Å². The number of hydrogen-bond donors (Lipinski definition) is 2. The van der Waals surface area contributed by atoms with Crippen molar-refractivity contribution < 1.29 is 9.90 Å². The van der Waals surface area contributed by atoms with Crippen molar-refractivity contribution in [3.8, 4) is 0 Å². The molecule has 0 aliphatic heterocycles. The molecule has 0 spiro atoms. The molecule has 0 saturated heterocycles. The van der Waals surface area contributed by atoms with Crippen LogP contribution in [0.2, 0.25) is 0 Å². The summed E-state index contributed by atoms with van der Waals surface area (Å²) in [5.74, 6) is 0.0350. The Labute approximate surface area is 93.4 Å². The average molecular weight is 264 g/mol. The van der Waals surface area contributed by atoms with Gasteiger partial charge in [0.05, 0.1) is 12.1 Å². The maximum atomic E-state index is 11.3. The van der Waals surface area contributed by atoms with Gasteiger partial charge in [0.1, 0.15) is 0 Å². The molecule has 14 heavy (non-hydrogen) atoms. The molecule has 0 aromatic rings. The molecule has 0 aromatic heterocycles. The zero-order valence-corrected chi connectivity index (χ0v) is 9.92. The van der Waals surface area contributed by atoms with Crippen LogP contribution in [0.5, 0.6) is 0 Å². The Morgan fingerprint density at radius 1 is 1.36 bits per heavy atom. The van der Waals surface area contributed by atoms with Crippen molar-refractivity contribution >= 4 is 21.8 Å². The van der Waals surface area contributed by atoms with E-state index in [2.05, 4.69) is 21.2 Å². The first-order valence-corrected chi connectivity index (χ1v) is 6.39. The molecule has 82 valence electrons. The lowest BCUT2D eigenvalue weighted by atomic mass is 10.1. The molecular weight excluding hydrogens is 246 g/mol. The third-order valence-corrected chi connectivity index (χ3v) is 3.04. The molecule has 1 aliphatic rings. The van der Waals surface area contributed by atoms with Gasteiger partial charge in [0.15, 0.2) is 0 Å². The highest BCUT2D eigenvalue weighted by atomic mass is 79.9. The van der Waals surface area contributed by atoms with Gasteiger partial charge < -0.3 is 10.4 Å². The summed E-state index contributed by atoms with van der Waals surface area (Å²) in [5.41, 5.74) is 0. The summed E-state index contributed by atoms with van der Waals surface area (Å²) < 4.78 is 0. The summed E-state index contributed by atoms with van der Waals surface area (Å²) in [7, 11) is 0. The minimum atomic E-state index is -0.350. The Hall–Kier alpha value is -0.0900. The van der Waals surface area contributed by atoms with Crippen LogP contribution in [0.15, 0.2) is 0 Å². The molecule has 3 nitrogen and oxygen atoms in total. The summed E-state index contributed by atoms with van der Waals surface area (Å²) in [6, 6.07) is -0.0240. The number of nitrogens with one attached hydrogen (secondary N) is 1. The Bertz CT molecular complexity index is 187. The Morgan fingerprint density at radius 2 is 2.07 bits per heavy atom. The summed E-state index contributed by atoms with van der Waals surface area (Å²) >= 11 is 3.22. The Morgan fingerprint density at radius 3 is 2.79 bits per heavy atom. The van der Waals surface area contributed by atoms with Gasteiger partial charge >= 0.3 is 0 Å². The monoisotopic (exact) mass is 263 g/mol. The molecule has 0 radical (unpaired) electrons. The molecule has 0 aromatic carbocycles. The molecule has 2 atom stereocenters. The highest BCUT2D eigenvalue weighted by Gasteiger charge is 2.22. The second kappa shape index (κ2) is 6.40. The Kier molecular flexibility index (Phi) is 5.48. The third-order valence-electron chi connectivity index (χ3n) is 2.65. The van der Waals surface area contributed by atoms with Gasteiger partial charge in [-0.2, -0.15) is 0 Å². The van der Waals surface area contributed by atoms with E-state index in [0.29, 0.717) is 11.8 Å². The van der Waals surface area contributed by atoms with Gasteiger partial charge in [-0.05, 0) is 12.8 Å². The lowest BCUT2D eigenvalue weighted by Gasteiger charge is -2.21. The summed E-state index contributed by atoms with van der Waals surface area (Å²) in [6.07, 6.45) is 5.22. The number of aliphatic hydroxyl groups is 1. The van der Waals surface area contributed by atoms with E-state index in [1.54, 1.807) is 0 Å². The predicted molar refractivity (Wildman–Crippen MR) is 59.4 cm³/mol. The van der Waals surface area contributed by atoms with Crippen molar-refractivity contribution in [3.05, 3.63) is 0 Å². The fourth-order valence-electron chi connectivity index (χ4n) is 1.82. The zero-order chi connectivity index (χ0) is 10.4. The van der Waals surface area contributed by atoms with Gasteiger partial charge in [0, 0.05) is 11.8 Å². The first-order valence-electron chi connectivity index (χ1n) is 5.27. The van der Waals surface area contributed by atoms with Gasteiger partial charge in [0.2, 0.25) is 5.91 Å². The van der Waals surface area contributed by atoms with Crippen LogP contribution in [0, 0.1) is 0 Å². The maximum Gasteiger partial charge on any atom is 0.221 e. The predicted octanol–water partition coefficient (Wildman–Crippen LogP) is 1.58. The highest BCUT2D eigenvalue weighted by Crippen LogP contribution is 2.18. The largest absolute Gasteiger partial charge is 0.391 e. The molecule has 1 saturated carbocycles. The quantitative estimate of drug-likeness (QED) is 0.600. The zero-order valence-electron chi connectivity index (χ0n) is 8.34. The molecule has 1 aliphatic carbocycles. The minimum Gasteiger partial charge on any atom is -0.391 e. The van der Waals surface area contributed by atoms with E-state index in [1.807, 2.05) is 0 Å². The number of amides is 1. The smallest absolute Gasteiger partial charge is 0.221 e. The van der Waals surface area contributed by atoms with Crippen LogP contribution in [0.25, 0.3) is 0 Å². The number of carbonyl (C=O) groups is 1. The van der Waals surface area contributed by atoms with Gasteiger partial charge in [0.25, 0.3) is 0 Å². The standard InChI is InChI=1S/C10H18BrNO2/c11-7-6-10(14)12-8-4-2-1-3-5-9(8)13/h8-9,13H,1-7H2,(H,12,14). The van der Waals surface area contributed by atoms with E-state index in [1.165, 1.54) is 6.42 Å². The SMILES string of the molecule is O=C(CCBr)NC1CCCCCC1O. The fourth-order valence-corrected chi connectivity index (χ4v) is 2.18. The molecule has 4 heteroatoms. The lowest BCUT2D eigenvalue weighted by molar-refractivity contribution is -0.122. The summed E-state index contributed by atoms with van der Waals surface area (Å²) in [5, 5.41) is 13.3. The van der Waals surface area contributed by atoms with Crippen LogP contribution in [-0.4, -0.2) is 28.5 Å². The lowest BCUT2D eigenvalue weighted by Crippen LogP contribution is -2.42. The van der Waals surface area contributed by atoms with Gasteiger partial charge in [-0.15, -0.1) is 0 Å². The first-order chi connectivity index (χ1) is 6.74. The topological polar surface area (TPSA) is 49.3 Å². The maximum absolute atomic E-state index is 11.3.